The maximum atomic E-state index is 13.0. The Hall–Kier alpha value is -0.210. The average Bonchev–Trinajstić information content (AvgIpc) is 2.28. The second-order valence-electron chi connectivity index (χ2n) is 3.84. The van der Waals surface area contributed by atoms with Crippen LogP contribution < -0.4 is 0 Å². The fraction of sp³-hybridized carbons (Fsp3) is 0.538. The molecular formula is C13H18ClFS. The van der Waals surface area contributed by atoms with Crippen molar-refractivity contribution in [3.63, 3.8) is 0 Å². The Labute approximate surface area is 107 Å². The van der Waals surface area contributed by atoms with E-state index < -0.39 is 0 Å². The van der Waals surface area contributed by atoms with E-state index in [-0.39, 0.29) is 5.82 Å². The minimum absolute atomic E-state index is 0.159. The molecule has 0 bridgehead atoms. The van der Waals surface area contributed by atoms with Crippen LogP contribution in [0.4, 0.5) is 4.39 Å². The molecule has 1 aromatic carbocycles. The van der Waals surface area contributed by atoms with Gasteiger partial charge in [0.2, 0.25) is 0 Å². The maximum Gasteiger partial charge on any atom is 0.123 e. The molecule has 0 spiro atoms. The number of alkyl halides is 1. The van der Waals surface area contributed by atoms with E-state index in [1.54, 1.807) is 12.1 Å². The third-order valence-electron chi connectivity index (χ3n) is 2.51. The van der Waals surface area contributed by atoms with Crippen LogP contribution in [0.2, 0.25) is 0 Å². The molecule has 3 heteroatoms. The van der Waals surface area contributed by atoms with Gasteiger partial charge in [0, 0.05) is 5.88 Å². The zero-order valence-electron chi connectivity index (χ0n) is 9.59. The summed E-state index contributed by atoms with van der Waals surface area (Å²) in [4.78, 5) is 0. The van der Waals surface area contributed by atoms with E-state index in [9.17, 15) is 4.39 Å². The minimum atomic E-state index is -0.159. The van der Waals surface area contributed by atoms with Crippen molar-refractivity contribution in [1.82, 2.24) is 0 Å². The molecule has 0 nitrogen and oxygen atoms in total. The lowest BCUT2D eigenvalue weighted by molar-refractivity contribution is 0.566. The number of halogens is 2. The smallest absolute Gasteiger partial charge is 0.123 e. The number of thioether (sulfide) groups is 1. The van der Waals surface area contributed by atoms with Gasteiger partial charge < -0.3 is 0 Å². The monoisotopic (exact) mass is 260 g/mol. The molecule has 0 heterocycles. The molecule has 0 amide bonds. The molecule has 0 N–H and O–H groups in total. The Morgan fingerprint density at radius 2 is 2.25 bits per heavy atom. The maximum absolute atomic E-state index is 13.0. The molecular weight excluding hydrogens is 243 g/mol. The van der Waals surface area contributed by atoms with Crippen molar-refractivity contribution in [2.45, 2.75) is 19.8 Å². The quantitative estimate of drug-likeness (QED) is 0.518. The van der Waals surface area contributed by atoms with Crippen LogP contribution in [0.1, 0.15) is 18.9 Å². The van der Waals surface area contributed by atoms with Gasteiger partial charge in [0.1, 0.15) is 5.82 Å². The molecule has 1 unspecified atom stereocenters. The molecule has 0 radical (unpaired) electrons. The largest absolute Gasteiger partial charge is 0.207 e. The van der Waals surface area contributed by atoms with Crippen molar-refractivity contribution in [3.8, 4) is 0 Å². The number of rotatable bonds is 7. The first-order chi connectivity index (χ1) is 7.76. The van der Waals surface area contributed by atoms with Crippen molar-refractivity contribution < 1.29 is 4.39 Å². The van der Waals surface area contributed by atoms with Crippen molar-refractivity contribution in [2.24, 2.45) is 5.92 Å². The van der Waals surface area contributed by atoms with Crippen molar-refractivity contribution in [2.75, 3.05) is 17.4 Å². The van der Waals surface area contributed by atoms with E-state index in [1.807, 2.05) is 17.8 Å². The van der Waals surface area contributed by atoms with E-state index in [2.05, 4.69) is 6.92 Å². The summed E-state index contributed by atoms with van der Waals surface area (Å²) in [6.45, 7) is 2.16. The molecule has 0 aliphatic rings. The number of benzene rings is 1. The first-order valence-corrected chi connectivity index (χ1v) is 7.33. The fourth-order valence-electron chi connectivity index (χ4n) is 1.63. The molecule has 0 aliphatic carbocycles. The Bertz CT molecular complexity index is 304. The predicted molar refractivity (Wildman–Crippen MR) is 71.9 cm³/mol. The SMILES string of the molecule is CCSCCC(CCl)Cc1cccc(F)c1. The molecule has 0 aromatic heterocycles. The lowest BCUT2D eigenvalue weighted by Gasteiger charge is -2.13. The summed E-state index contributed by atoms with van der Waals surface area (Å²) in [5, 5.41) is 0. The molecule has 0 aliphatic heterocycles. The Kier molecular flexibility index (Phi) is 6.90. The first-order valence-electron chi connectivity index (χ1n) is 5.64. The van der Waals surface area contributed by atoms with Crippen LogP contribution in [0.15, 0.2) is 24.3 Å². The van der Waals surface area contributed by atoms with E-state index in [0.29, 0.717) is 11.8 Å². The predicted octanol–water partition coefficient (Wildman–Crippen LogP) is 4.37. The van der Waals surface area contributed by atoms with Crippen molar-refractivity contribution >= 4 is 23.4 Å². The summed E-state index contributed by atoms with van der Waals surface area (Å²) >= 11 is 7.87. The molecule has 0 saturated heterocycles. The zero-order valence-corrected chi connectivity index (χ0v) is 11.2. The van der Waals surface area contributed by atoms with Gasteiger partial charge >= 0.3 is 0 Å². The van der Waals surface area contributed by atoms with Gasteiger partial charge in [-0.05, 0) is 48.0 Å². The summed E-state index contributed by atoms with van der Waals surface area (Å²) in [5.41, 5.74) is 1.05. The molecule has 90 valence electrons. The molecule has 1 aromatic rings. The van der Waals surface area contributed by atoms with Crippen LogP contribution in [0, 0.1) is 11.7 Å². The number of hydrogen-bond donors (Lipinski definition) is 0. The van der Waals surface area contributed by atoms with Crippen LogP contribution in [-0.2, 0) is 6.42 Å². The second kappa shape index (κ2) is 7.97. The fourth-order valence-corrected chi connectivity index (χ4v) is 2.68. The van der Waals surface area contributed by atoms with E-state index in [1.165, 1.54) is 6.07 Å². The Morgan fingerprint density at radius 3 is 2.88 bits per heavy atom. The van der Waals surface area contributed by atoms with Gasteiger partial charge in [-0.2, -0.15) is 11.8 Å². The summed E-state index contributed by atoms with van der Waals surface area (Å²) in [5.74, 6) is 3.25. The van der Waals surface area contributed by atoms with Crippen LogP contribution in [0.3, 0.4) is 0 Å². The van der Waals surface area contributed by atoms with Crippen LogP contribution in [-0.4, -0.2) is 17.4 Å². The van der Waals surface area contributed by atoms with Gasteiger partial charge in [-0.25, -0.2) is 4.39 Å². The average molecular weight is 261 g/mol. The lowest BCUT2D eigenvalue weighted by atomic mass is 9.99. The third kappa shape index (κ3) is 5.22. The summed E-state index contributed by atoms with van der Waals surface area (Å²) in [6, 6.07) is 6.81. The zero-order chi connectivity index (χ0) is 11.8. The van der Waals surface area contributed by atoms with E-state index >= 15 is 0 Å². The highest BCUT2D eigenvalue weighted by Crippen LogP contribution is 2.17. The molecule has 1 rings (SSSR count). The highest BCUT2D eigenvalue weighted by molar-refractivity contribution is 7.99. The lowest BCUT2D eigenvalue weighted by Crippen LogP contribution is -2.08. The minimum Gasteiger partial charge on any atom is -0.207 e. The van der Waals surface area contributed by atoms with Gasteiger partial charge in [-0.3, -0.25) is 0 Å². The molecule has 1 atom stereocenters. The highest BCUT2D eigenvalue weighted by Gasteiger charge is 2.08. The summed E-state index contributed by atoms with van der Waals surface area (Å²) in [6.07, 6.45) is 1.99. The highest BCUT2D eigenvalue weighted by atomic mass is 35.5. The van der Waals surface area contributed by atoms with Crippen LogP contribution >= 0.6 is 23.4 Å². The Balaban J connectivity index is 2.43. The van der Waals surface area contributed by atoms with E-state index in [4.69, 9.17) is 11.6 Å². The summed E-state index contributed by atoms with van der Waals surface area (Å²) < 4.78 is 13.0. The summed E-state index contributed by atoms with van der Waals surface area (Å²) in [7, 11) is 0. The van der Waals surface area contributed by atoms with Gasteiger partial charge in [0.25, 0.3) is 0 Å². The standard InChI is InChI=1S/C13H18ClFS/c1-2-16-7-6-12(10-14)8-11-4-3-5-13(15)9-11/h3-5,9,12H,2,6-8,10H2,1H3. The topological polar surface area (TPSA) is 0 Å². The van der Waals surface area contributed by atoms with Gasteiger partial charge in [0.15, 0.2) is 0 Å². The van der Waals surface area contributed by atoms with Gasteiger partial charge in [-0.1, -0.05) is 19.1 Å². The second-order valence-corrected chi connectivity index (χ2v) is 5.54. The first kappa shape index (κ1) is 13.9. The number of hydrogen-bond acceptors (Lipinski definition) is 1. The van der Waals surface area contributed by atoms with Crippen LogP contribution in [0.25, 0.3) is 0 Å². The van der Waals surface area contributed by atoms with Crippen LogP contribution in [0.5, 0.6) is 0 Å². The van der Waals surface area contributed by atoms with Crippen molar-refractivity contribution in [1.29, 1.82) is 0 Å². The van der Waals surface area contributed by atoms with E-state index in [0.717, 1.165) is 29.9 Å². The Morgan fingerprint density at radius 1 is 1.44 bits per heavy atom. The van der Waals surface area contributed by atoms with Gasteiger partial charge in [-0.15, -0.1) is 11.6 Å². The van der Waals surface area contributed by atoms with Gasteiger partial charge in [0.05, 0.1) is 0 Å². The molecule has 16 heavy (non-hydrogen) atoms. The third-order valence-corrected chi connectivity index (χ3v) is 3.88. The van der Waals surface area contributed by atoms with Crippen molar-refractivity contribution in [3.05, 3.63) is 35.6 Å². The normalized spacial score (nSPS) is 12.7. The molecule has 0 fully saturated rings. The molecule has 0 saturated carbocycles.